The number of nitriles is 1. The summed E-state index contributed by atoms with van der Waals surface area (Å²) >= 11 is 0. The number of hydrogen-bond acceptors (Lipinski definition) is 5. The van der Waals surface area contributed by atoms with Gasteiger partial charge >= 0.3 is 0 Å². The third kappa shape index (κ3) is 1.22. The first-order valence-corrected chi connectivity index (χ1v) is 3.50. The Hall–Kier alpha value is -2.29. The van der Waals surface area contributed by atoms with Gasteiger partial charge in [0.25, 0.3) is 0 Å². The lowest BCUT2D eigenvalue weighted by Gasteiger charge is -1.94. The minimum absolute atomic E-state index is 0.402. The standard InChI is InChI=1S/C7H4N6/c8-3-5-4-9-2-1-6(5)7-10-12-13-11-7/h1-2,4H,(H,10,11,12,13). The van der Waals surface area contributed by atoms with E-state index in [1.54, 1.807) is 12.3 Å². The quantitative estimate of drug-likeness (QED) is 0.660. The van der Waals surface area contributed by atoms with Crippen LogP contribution in [0.5, 0.6) is 0 Å². The summed E-state index contributed by atoms with van der Waals surface area (Å²) in [6, 6.07) is 3.67. The lowest BCUT2D eigenvalue weighted by molar-refractivity contribution is 0.881. The van der Waals surface area contributed by atoms with Gasteiger partial charge in [-0.2, -0.15) is 10.5 Å². The van der Waals surface area contributed by atoms with Gasteiger partial charge in [-0.15, -0.1) is 10.2 Å². The van der Waals surface area contributed by atoms with Crippen molar-refractivity contribution in [2.75, 3.05) is 0 Å². The van der Waals surface area contributed by atoms with E-state index in [4.69, 9.17) is 5.26 Å². The third-order valence-corrected chi connectivity index (χ3v) is 1.53. The molecule has 0 saturated heterocycles. The van der Waals surface area contributed by atoms with Crippen LogP contribution in [0.4, 0.5) is 0 Å². The topological polar surface area (TPSA) is 91.1 Å². The summed E-state index contributed by atoms with van der Waals surface area (Å²) in [6.45, 7) is 0. The lowest BCUT2D eigenvalue weighted by atomic mass is 10.1. The van der Waals surface area contributed by atoms with Gasteiger partial charge in [0.1, 0.15) is 6.07 Å². The molecule has 0 unspecified atom stereocenters. The Morgan fingerprint density at radius 2 is 2.38 bits per heavy atom. The van der Waals surface area contributed by atoms with Crippen LogP contribution in [0.3, 0.4) is 0 Å². The van der Waals surface area contributed by atoms with E-state index in [-0.39, 0.29) is 0 Å². The molecule has 2 rings (SSSR count). The number of H-pyrrole nitrogens is 1. The molecule has 0 saturated carbocycles. The van der Waals surface area contributed by atoms with Crippen LogP contribution in [0.1, 0.15) is 5.56 Å². The molecule has 6 heteroatoms. The highest BCUT2D eigenvalue weighted by Crippen LogP contribution is 2.15. The molecule has 0 aliphatic heterocycles. The fourth-order valence-corrected chi connectivity index (χ4v) is 0.954. The van der Waals surface area contributed by atoms with E-state index in [9.17, 15) is 0 Å². The first-order chi connectivity index (χ1) is 6.42. The predicted octanol–water partition coefficient (Wildman–Crippen LogP) is 0.133. The number of nitrogens with zero attached hydrogens (tertiary/aromatic N) is 5. The second-order valence-electron chi connectivity index (χ2n) is 2.27. The molecule has 0 bridgehead atoms. The van der Waals surface area contributed by atoms with E-state index < -0.39 is 0 Å². The Kier molecular flexibility index (Phi) is 1.69. The van der Waals surface area contributed by atoms with E-state index in [0.29, 0.717) is 17.0 Å². The summed E-state index contributed by atoms with van der Waals surface area (Å²) in [4.78, 5) is 3.82. The summed E-state index contributed by atoms with van der Waals surface area (Å²) in [5.74, 6) is 0.402. The largest absolute Gasteiger partial charge is 0.263 e. The lowest BCUT2D eigenvalue weighted by Crippen LogP contribution is -1.87. The van der Waals surface area contributed by atoms with Gasteiger partial charge < -0.3 is 0 Å². The van der Waals surface area contributed by atoms with Crippen LogP contribution >= 0.6 is 0 Å². The van der Waals surface area contributed by atoms with Crippen LogP contribution in [0.25, 0.3) is 11.4 Å². The molecule has 13 heavy (non-hydrogen) atoms. The van der Waals surface area contributed by atoms with Crippen molar-refractivity contribution in [3.8, 4) is 17.5 Å². The number of aromatic amines is 1. The van der Waals surface area contributed by atoms with E-state index >= 15 is 0 Å². The van der Waals surface area contributed by atoms with E-state index in [1.807, 2.05) is 6.07 Å². The number of pyridine rings is 1. The van der Waals surface area contributed by atoms with E-state index in [2.05, 4.69) is 25.6 Å². The predicted molar refractivity (Wildman–Crippen MR) is 42.1 cm³/mol. The molecule has 0 aliphatic carbocycles. The first-order valence-electron chi connectivity index (χ1n) is 3.50. The van der Waals surface area contributed by atoms with Crippen molar-refractivity contribution in [2.24, 2.45) is 0 Å². The van der Waals surface area contributed by atoms with Crippen LogP contribution in [0.15, 0.2) is 18.5 Å². The fraction of sp³-hybridized carbons (Fsp3) is 0. The number of rotatable bonds is 1. The summed E-state index contributed by atoms with van der Waals surface area (Å²) in [5, 5.41) is 22.0. The van der Waals surface area contributed by atoms with Crippen molar-refractivity contribution < 1.29 is 0 Å². The maximum atomic E-state index is 8.74. The molecule has 0 atom stereocenters. The molecule has 0 spiro atoms. The van der Waals surface area contributed by atoms with Crippen molar-refractivity contribution in [3.05, 3.63) is 24.0 Å². The van der Waals surface area contributed by atoms with Crippen LogP contribution in [0.2, 0.25) is 0 Å². The van der Waals surface area contributed by atoms with Crippen molar-refractivity contribution in [3.63, 3.8) is 0 Å². The van der Waals surface area contributed by atoms with Gasteiger partial charge in [0, 0.05) is 18.0 Å². The highest BCUT2D eigenvalue weighted by molar-refractivity contribution is 5.62. The molecule has 0 fully saturated rings. The highest BCUT2D eigenvalue weighted by atomic mass is 15.5. The van der Waals surface area contributed by atoms with Gasteiger partial charge in [-0.1, -0.05) is 0 Å². The normalized spacial score (nSPS) is 9.46. The van der Waals surface area contributed by atoms with Gasteiger partial charge in [0.15, 0.2) is 0 Å². The van der Waals surface area contributed by atoms with Crippen molar-refractivity contribution in [1.82, 2.24) is 25.6 Å². The minimum atomic E-state index is 0.402. The molecule has 2 aromatic rings. The van der Waals surface area contributed by atoms with Gasteiger partial charge in [0.2, 0.25) is 5.82 Å². The minimum Gasteiger partial charge on any atom is -0.263 e. The van der Waals surface area contributed by atoms with Gasteiger partial charge in [-0.05, 0) is 11.3 Å². The average Bonchev–Trinajstić information content (AvgIpc) is 2.70. The second kappa shape index (κ2) is 2.98. The summed E-state index contributed by atoms with van der Waals surface area (Å²) in [6.07, 6.45) is 3.04. The number of nitrogens with one attached hydrogen (secondary N) is 1. The van der Waals surface area contributed by atoms with Gasteiger partial charge in [-0.25, -0.2) is 0 Å². The average molecular weight is 172 g/mol. The Morgan fingerprint density at radius 1 is 1.46 bits per heavy atom. The molecule has 1 N–H and O–H groups in total. The molecule has 2 heterocycles. The molecule has 6 nitrogen and oxygen atoms in total. The molecule has 2 aromatic heterocycles. The second-order valence-corrected chi connectivity index (χ2v) is 2.27. The molecule has 0 radical (unpaired) electrons. The van der Waals surface area contributed by atoms with E-state index in [1.165, 1.54) is 6.20 Å². The molecular weight excluding hydrogens is 168 g/mol. The van der Waals surface area contributed by atoms with Crippen molar-refractivity contribution in [2.45, 2.75) is 0 Å². The van der Waals surface area contributed by atoms with Crippen LogP contribution in [-0.4, -0.2) is 25.6 Å². The van der Waals surface area contributed by atoms with Crippen LogP contribution in [0, 0.1) is 11.3 Å². The van der Waals surface area contributed by atoms with Crippen LogP contribution < -0.4 is 0 Å². The van der Waals surface area contributed by atoms with Gasteiger partial charge in [-0.3, -0.25) is 4.98 Å². The smallest absolute Gasteiger partial charge is 0.206 e. The molecule has 0 amide bonds. The van der Waals surface area contributed by atoms with E-state index in [0.717, 1.165) is 0 Å². The van der Waals surface area contributed by atoms with Gasteiger partial charge in [0.05, 0.1) is 5.56 Å². The summed E-state index contributed by atoms with van der Waals surface area (Å²) in [5.41, 5.74) is 1.06. The Morgan fingerprint density at radius 3 is 3.08 bits per heavy atom. The maximum absolute atomic E-state index is 8.74. The molecule has 0 aromatic carbocycles. The zero-order valence-corrected chi connectivity index (χ0v) is 6.47. The summed E-state index contributed by atoms with van der Waals surface area (Å²) in [7, 11) is 0. The third-order valence-electron chi connectivity index (χ3n) is 1.53. The van der Waals surface area contributed by atoms with Crippen molar-refractivity contribution >= 4 is 0 Å². The Bertz CT molecular complexity index is 440. The molecule has 0 aliphatic rings. The SMILES string of the molecule is N#Cc1cnccc1-c1nn[nH]n1. The van der Waals surface area contributed by atoms with Crippen LogP contribution in [-0.2, 0) is 0 Å². The summed E-state index contributed by atoms with van der Waals surface area (Å²) < 4.78 is 0. The zero-order chi connectivity index (χ0) is 9.10. The monoisotopic (exact) mass is 172 g/mol. The van der Waals surface area contributed by atoms with Crippen molar-refractivity contribution in [1.29, 1.82) is 5.26 Å². The first kappa shape index (κ1) is 7.36. The maximum Gasteiger partial charge on any atom is 0.206 e. The molecule has 62 valence electrons. The number of hydrogen-bond donors (Lipinski definition) is 1. The Labute approximate surface area is 73.2 Å². The fourth-order valence-electron chi connectivity index (χ4n) is 0.954. The number of tetrazole rings is 1. The highest BCUT2D eigenvalue weighted by Gasteiger charge is 2.07. The zero-order valence-electron chi connectivity index (χ0n) is 6.47. The molecular formula is C7H4N6. The Balaban J connectivity index is 2.59. The number of aromatic nitrogens is 5.